The molecule has 0 saturated heterocycles. The lowest BCUT2D eigenvalue weighted by molar-refractivity contribution is -0.123. The number of halogens is 2. The first-order chi connectivity index (χ1) is 11.7. The smallest absolute Gasteiger partial charge is 0.237 e. The fraction of sp³-hybridized carbons (Fsp3) is 0.263. The first kappa shape index (κ1) is 22.0. The summed E-state index contributed by atoms with van der Waals surface area (Å²) in [5, 5.41) is 3.09. The highest BCUT2D eigenvalue weighted by Gasteiger charge is 2.20. The third-order valence-electron chi connectivity index (χ3n) is 4.13. The molecule has 5 nitrogen and oxygen atoms in total. The minimum Gasteiger partial charge on any atom is -0.345 e. The maximum atomic E-state index is 12.4. The van der Waals surface area contributed by atoms with Crippen LogP contribution in [-0.4, -0.2) is 21.9 Å². The van der Waals surface area contributed by atoms with Gasteiger partial charge in [0.2, 0.25) is 5.91 Å². The number of aromatic amines is 1. The summed E-state index contributed by atoms with van der Waals surface area (Å²) in [4.78, 5) is 19.8. The van der Waals surface area contributed by atoms with Crippen molar-refractivity contribution in [1.82, 2.24) is 15.3 Å². The predicted octanol–water partition coefficient (Wildman–Crippen LogP) is 3.74. The van der Waals surface area contributed by atoms with Crippen LogP contribution >= 0.6 is 24.8 Å². The second kappa shape index (κ2) is 10.2. The standard InChI is InChI=1S/C19H22N4O.2ClH/c1-2-6-15(20)19(24)23-18(13-7-4-3-5-8-13)14-9-10-16-17(11-14)22-12-21-16;;/h3-5,7-12,15,18H,2,6,20H2,1H3,(H,21,22)(H,23,24);2*1H. The number of carbonyl (C=O) groups excluding carboxylic acids is 1. The van der Waals surface area contributed by atoms with Crippen LogP contribution < -0.4 is 11.1 Å². The minimum absolute atomic E-state index is 0. The molecular weight excluding hydrogens is 371 g/mol. The van der Waals surface area contributed by atoms with Crippen molar-refractivity contribution in [3.63, 3.8) is 0 Å². The number of hydrogen-bond donors (Lipinski definition) is 3. The van der Waals surface area contributed by atoms with Crippen LogP contribution in [0.4, 0.5) is 0 Å². The summed E-state index contributed by atoms with van der Waals surface area (Å²) in [6, 6.07) is 15.1. The maximum Gasteiger partial charge on any atom is 0.237 e. The first-order valence-corrected chi connectivity index (χ1v) is 8.23. The third kappa shape index (κ3) is 4.97. The third-order valence-corrected chi connectivity index (χ3v) is 4.13. The summed E-state index contributed by atoms with van der Waals surface area (Å²) in [5.74, 6) is -0.129. The largest absolute Gasteiger partial charge is 0.345 e. The van der Waals surface area contributed by atoms with Gasteiger partial charge < -0.3 is 16.0 Å². The molecular formula is C19H24Cl2N4O. The van der Waals surface area contributed by atoms with Gasteiger partial charge in [-0.2, -0.15) is 0 Å². The number of hydrogen-bond acceptors (Lipinski definition) is 3. The van der Waals surface area contributed by atoms with E-state index in [0.717, 1.165) is 28.6 Å². The molecule has 0 fully saturated rings. The van der Waals surface area contributed by atoms with Gasteiger partial charge in [-0.1, -0.05) is 49.7 Å². The predicted molar refractivity (Wildman–Crippen MR) is 110 cm³/mol. The zero-order valence-corrected chi connectivity index (χ0v) is 16.1. The van der Waals surface area contributed by atoms with E-state index in [1.807, 2.05) is 55.5 Å². The van der Waals surface area contributed by atoms with Gasteiger partial charge in [0.15, 0.2) is 0 Å². The number of aromatic nitrogens is 2. The molecule has 3 aromatic rings. The van der Waals surface area contributed by atoms with Crippen molar-refractivity contribution in [2.45, 2.75) is 31.8 Å². The molecule has 0 saturated carbocycles. The summed E-state index contributed by atoms with van der Waals surface area (Å²) in [6.07, 6.45) is 3.22. The minimum atomic E-state index is -0.489. The lowest BCUT2D eigenvalue weighted by Gasteiger charge is -2.22. The van der Waals surface area contributed by atoms with Gasteiger partial charge in [0.1, 0.15) is 0 Å². The molecule has 0 bridgehead atoms. The van der Waals surface area contributed by atoms with E-state index in [4.69, 9.17) is 5.73 Å². The van der Waals surface area contributed by atoms with E-state index in [-0.39, 0.29) is 36.8 Å². The van der Waals surface area contributed by atoms with Crippen LogP contribution in [0.1, 0.15) is 36.9 Å². The number of nitrogens with zero attached hydrogens (tertiary/aromatic N) is 1. The van der Waals surface area contributed by atoms with Crippen molar-refractivity contribution < 1.29 is 4.79 Å². The Morgan fingerprint density at radius 1 is 1.15 bits per heavy atom. The SMILES string of the molecule is CCCC(N)C(=O)NC(c1ccccc1)c1ccc2nc[nH]c2c1.Cl.Cl. The number of nitrogens with two attached hydrogens (primary N) is 1. The molecule has 4 N–H and O–H groups in total. The fourth-order valence-corrected chi connectivity index (χ4v) is 2.83. The fourth-order valence-electron chi connectivity index (χ4n) is 2.83. The van der Waals surface area contributed by atoms with Gasteiger partial charge in [-0.15, -0.1) is 24.8 Å². The van der Waals surface area contributed by atoms with Gasteiger partial charge >= 0.3 is 0 Å². The van der Waals surface area contributed by atoms with Crippen molar-refractivity contribution in [3.8, 4) is 0 Å². The van der Waals surface area contributed by atoms with E-state index >= 15 is 0 Å². The van der Waals surface area contributed by atoms with Crippen LogP contribution in [-0.2, 0) is 4.79 Å². The van der Waals surface area contributed by atoms with Gasteiger partial charge in [-0.05, 0) is 29.7 Å². The Morgan fingerprint density at radius 2 is 1.88 bits per heavy atom. The molecule has 2 unspecified atom stereocenters. The number of rotatable bonds is 6. The van der Waals surface area contributed by atoms with Crippen molar-refractivity contribution >= 4 is 41.8 Å². The molecule has 7 heteroatoms. The number of benzene rings is 2. The van der Waals surface area contributed by atoms with Crippen LogP contribution in [0.5, 0.6) is 0 Å². The Hall–Kier alpha value is -2.08. The number of amides is 1. The maximum absolute atomic E-state index is 12.4. The quantitative estimate of drug-likeness (QED) is 0.595. The molecule has 2 aromatic carbocycles. The van der Waals surface area contributed by atoms with E-state index < -0.39 is 6.04 Å². The molecule has 26 heavy (non-hydrogen) atoms. The molecule has 0 aliphatic heterocycles. The van der Waals surface area contributed by atoms with Gasteiger partial charge in [-0.25, -0.2) is 4.98 Å². The first-order valence-electron chi connectivity index (χ1n) is 8.23. The van der Waals surface area contributed by atoms with Gasteiger partial charge in [0.25, 0.3) is 0 Å². The van der Waals surface area contributed by atoms with E-state index in [9.17, 15) is 4.79 Å². The van der Waals surface area contributed by atoms with Gasteiger partial charge in [-0.3, -0.25) is 4.79 Å². The van der Waals surface area contributed by atoms with Crippen molar-refractivity contribution in [3.05, 3.63) is 66.0 Å². The molecule has 3 rings (SSSR count). The zero-order valence-electron chi connectivity index (χ0n) is 14.5. The lowest BCUT2D eigenvalue weighted by Crippen LogP contribution is -2.42. The van der Waals surface area contributed by atoms with Crippen LogP contribution in [0.2, 0.25) is 0 Å². The van der Waals surface area contributed by atoms with Crippen LogP contribution in [0.3, 0.4) is 0 Å². The van der Waals surface area contributed by atoms with Crippen LogP contribution in [0.15, 0.2) is 54.9 Å². The molecule has 140 valence electrons. The summed E-state index contributed by atoms with van der Waals surface area (Å²) >= 11 is 0. The Kier molecular flexibility index (Phi) is 8.58. The number of H-pyrrole nitrogens is 1. The molecule has 2 atom stereocenters. The monoisotopic (exact) mass is 394 g/mol. The van der Waals surface area contributed by atoms with E-state index in [1.54, 1.807) is 6.33 Å². The van der Waals surface area contributed by atoms with E-state index in [0.29, 0.717) is 6.42 Å². The summed E-state index contributed by atoms with van der Waals surface area (Å²) in [5.41, 5.74) is 9.84. The van der Waals surface area contributed by atoms with E-state index in [1.165, 1.54) is 0 Å². The lowest BCUT2D eigenvalue weighted by atomic mass is 9.97. The number of carbonyl (C=O) groups is 1. The van der Waals surface area contributed by atoms with Crippen LogP contribution in [0, 0.1) is 0 Å². The second-order valence-corrected chi connectivity index (χ2v) is 5.93. The van der Waals surface area contributed by atoms with Crippen LogP contribution in [0.25, 0.3) is 11.0 Å². The molecule has 1 amide bonds. The number of nitrogens with one attached hydrogen (secondary N) is 2. The highest BCUT2D eigenvalue weighted by atomic mass is 35.5. The average molecular weight is 395 g/mol. The summed E-state index contributed by atoms with van der Waals surface area (Å²) < 4.78 is 0. The van der Waals surface area contributed by atoms with Gasteiger partial charge in [0.05, 0.1) is 29.4 Å². The summed E-state index contributed by atoms with van der Waals surface area (Å²) in [7, 11) is 0. The molecule has 0 aliphatic rings. The summed E-state index contributed by atoms with van der Waals surface area (Å²) in [6.45, 7) is 2.02. The Labute approximate surface area is 165 Å². The van der Waals surface area contributed by atoms with E-state index in [2.05, 4.69) is 15.3 Å². The van der Waals surface area contributed by atoms with Crippen molar-refractivity contribution in [2.24, 2.45) is 5.73 Å². The molecule has 0 aliphatic carbocycles. The normalized spacial score (nSPS) is 12.5. The Balaban J connectivity index is 0.00000169. The second-order valence-electron chi connectivity index (χ2n) is 5.93. The Bertz CT molecular complexity index is 823. The average Bonchev–Trinajstić information content (AvgIpc) is 3.08. The zero-order chi connectivity index (χ0) is 16.9. The van der Waals surface area contributed by atoms with Crippen molar-refractivity contribution in [2.75, 3.05) is 0 Å². The highest BCUT2D eigenvalue weighted by Crippen LogP contribution is 2.24. The topological polar surface area (TPSA) is 83.8 Å². The molecule has 0 radical (unpaired) electrons. The highest BCUT2D eigenvalue weighted by molar-refractivity contribution is 5.85. The number of fused-ring (bicyclic) bond motifs is 1. The number of imidazole rings is 1. The molecule has 1 heterocycles. The molecule has 0 spiro atoms. The van der Waals surface area contributed by atoms with Gasteiger partial charge in [0, 0.05) is 0 Å². The Morgan fingerprint density at radius 3 is 2.58 bits per heavy atom. The van der Waals surface area contributed by atoms with Crippen molar-refractivity contribution in [1.29, 1.82) is 0 Å². The molecule has 1 aromatic heterocycles.